The Morgan fingerprint density at radius 3 is 1.66 bits per heavy atom. The molecule has 6 N–H and O–H groups in total. The van der Waals surface area contributed by atoms with Crippen LogP contribution in [0, 0.1) is 36.5 Å². The molecule has 17 nitrogen and oxygen atoms in total. The Kier molecular flexibility index (Phi) is 19.6. The lowest BCUT2D eigenvalue weighted by atomic mass is 9.98. The molecule has 0 unspecified atom stereocenters. The molecule has 0 spiro atoms. The first kappa shape index (κ1) is 62.4. The lowest BCUT2D eigenvalue weighted by Gasteiger charge is -2.38. The van der Waals surface area contributed by atoms with Crippen LogP contribution in [0.1, 0.15) is 101 Å². The lowest BCUT2D eigenvalue weighted by molar-refractivity contribution is 0.317. The third-order valence-electron chi connectivity index (χ3n) is 15.5. The van der Waals surface area contributed by atoms with Crippen LogP contribution in [0.5, 0.6) is 0 Å². The number of aryl methyl sites for hydroxylation is 2. The van der Waals surface area contributed by atoms with Crippen LogP contribution in [0.25, 0.3) is 44.3 Å². The minimum absolute atomic E-state index is 0.0791. The molecule has 0 amide bonds. The summed E-state index contributed by atoms with van der Waals surface area (Å²) in [6, 6.07) is 45.2. The van der Waals surface area contributed by atoms with Crippen LogP contribution >= 0.6 is 11.6 Å². The van der Waals surface area contributed by atoms with Gasteiger partial charge in [0.25, 0.3) is 0 Å². The highest BCUT2D eigenvalue weighted by atomic mass is 35.5. The lowest BCUT2D eigenvalue weighted by Crippen LogP contribution is -2.49. The molecular formula is C71H76ClN17. The van der Waals surface area contributed by atoms with Gasteiger partial charge in [0.15, 0.2) is 5.82 Å². The fourth-order valence-corrected chi connectivity index (χ4v) is 11.7. The zero-order chi connectivity index (χ0) is 62.7. The quantitative estimate of drug-likeness (QED) is 0.0565. The Labute approximate surface area is 526 Å². The number of fused-ring (bicyclic) bond motifs is 2. The number of nitrogens with one attached hydrogen (secondary N) is 4. The van der Waals surface area contributed by atoms with Crippen molar-refractivity contribution in [3.05, 3.63) is 197 Å². The number of hydrogen-bond acceptors (Lipinski definition) is 17. The SMILES string of the molecule is CC(C)(C)NC1CCN(c2c(C#N)c(Cl)nc3ccccc23)CC1.Cc1cc(N)ccc1Nc1nccc(-c2cccnc2)n1.Cc1cc(Nc2nc3ccccc3c(N3CCC(NC(C)(C)C)CC3)c2C#N)ccc1Cc1nccc(-c2cccnc2)n1. The van der Waals surface area contributed by atoms with Crippen LogP contribution in [0.4, 0.5) is 40.2 Å². The summed E-state index contributed by atoms with van der Waals surface area (Å²) in [6.07, 6.45) is 15.4. The molecule has 2 aliphatic heterocycles. The molecule has 10 aromatic rings. The Balaban J connectivity index is 0.000000163. The van der Waals surface area contributed by atoms with Crippen molar-refractivity contribution in [3.63, 3.8) is 0 Å². The van der Waals surface area contributed by atoms with E-state index < -0.39 is 0 Å². The fourth-order valence-electron chi connectivity index (χ4n) is 11.5. The van der Waals surface area contributed by atoms with Gasteiger partial charge in [-0.3, -0.25) is 9.97 Å². The molecule has 0 aliphatic carbocycles. The van der Waals surface area contributed by atoms with Gasteiger partial charge in [-0.1, -0.05) is 54.1 Å². The Hall–Kier alpha value is -9.65. The molecule has 8 heterocycles. The molecule has 18 heteroatoms. The molecule has 0 radical (unpaired) electrons. The number of hydrogen-bond donors (Lipinski definition) is 5. The van der Waals surface area contributed by atoms with E-state index in [4.69, 9.17) is 27.3 Å². The van der Waals surface area contributed by atoms with Crippen LogP contribution in [0.15, 0.2) is 159 Å². The predicted octanol–water partition coefficient (Wildman–Crippen LogP) is 14.2. The highest BCUT2D eigenvalue weighted by Crippen LogP contribution is 2.38. The van der Waals surface area contributed by atoms with Gasteiger partial charge in [0, 0.05) is 132 Å². The summed E-state index contributed by atoms with van der Waals surface area (Å²) in [7, 11) is 0. The zero-order valence-electron chi connectivity index (χ0n) is 51.9. The Morgan fingerprint density at radius 2 is 1.12 bits per heavy atom. The number of anilines is 7. The van der Waals surface area contributed by atoms with E-state index in [0.29, 0.717) is 46.6 Å². The second-order valence-corrected chi connectivity index (χ2v) is 25.0. The van der Waals surface area contributed by atoms with Crippen molar-refractivity contribution in [1.29, 1.82) is 10.5 Å². The molecule has 2 aliphatic rings. The Morgan fingerprint density at radius 1 is 0.573 bits per heavy atom. The van der Waals surface area contributed by atoms with Crippen molar-refractivity contribution < 1.29 is 0 Å². The maximum atomic E-state index is 10.5. The van der Waals surface area contributed by atoms with Crippen molar-refractivity contribution in [3.8, 4) is 34.7 Å². The molecular weight excluding hydrogens is 1130 g/mol. The maximum Gasteiger partial charge on any atom is 0.227 e. The molecule has 452 valence electrons. The van der Waals surface area contributed by atoms with Gasteiger partial charge >= 0.3 is 0 Å². The number of pyridine rings is 4. The monoisotopic (exact) mass is 1200 g/mol. The fraction of sp³-hybridized carbons (Fsp3) is 0.296. The van der Waals surface area contributed by atoms with Crippen molar-refractivity contribution in [2.75, 3.05) is 52.3 Å². The van der Waals surface area contributed by atoms with E-state index in [1.807, 2.05) is 116 Å². The molecule has 2 saturated heterocycles. The smallest absolute Gasteiger partial charge is 0.227 e. The number of aromatic nitrogens is 8. The molecule has 6 aromatic heterocycles. The van der Waals surface area contributed by atoms with Crippen LogP contribution in [0.3, 0.4) is 0 Å². The van der Waals surface area contributed by atoms with Crippen LogP contribution < -0.4 is 36.8 Å². The number of nitrogens with two attached hydrogens (primary N) is 1. The summed E-state index contributed by atoms with van der Waals surface area (Å²) >= 11 is 6.27. The van der Waals surface area contributed by atoms with E-state index in [9.17, 15) is 10.5 Å². The summed E-state index contributed by atoms with van der Waals surface area (Å²) in [5.74, 6) is 1.88. The van der Waals surface area contributed by atoms with Gasteiger partial charge in [0.2, 0.25) is 5.95 Å². The van der Waals surface area contributed by atoms with Crippen LogP contribution in [0.2, 0.25) is 5.15 Å². The molecule has 12 rings (SSSR count). The van der Waals surface area contributed by atoms with Crippen molar-refractivity contribution in [2.24, 2.45) is 0 Å². The van der Waals surface area contributed by atoms with E-state index >= 15 is 0 Å². The second kappa shape index (κ2) is 28.0. The van der Waals surface area contributed by atoms with Gasteiger partial charge in [-0.15, -0.1) is 0 Å². The zero-order valence-corrected chi connectivity index (χ0v) is 52.6. The second-order valence-electron chi connectivity index (χ2n) is 24.6. The molecule has 0 atom stereocenters. The number of benzene rings is 4. The van der Waals surface area contributed by atoms with E-state index in [0.717, 1.165) is 147 Å². The number of nitrogen functional groups attached to an aromatic ring is 1. The standard InChI is InChI=1S/C36H38N8.C19H23ClN4.C16H15N5/c1-24-20-28(12-11-25(24)21-33-39-17-13-31(41-33)26-8-7-16-38-23-26)40-35-30(22-37)34(29-9-5-6-10-32(29)42-35)44-18-14-27(15-19-44)43-36(2,3)4;1-19(2,3)23-13-8-10-24(11-9-13)17-14-6-4-5-7-16(14)22-18(20)15(17)12-21;1-11-9-13(17)4-5-14(11)20-16-19-8-6-15(21-16)12-3-2-7-18-10-12/h5-13,16-17,20,23,27,43H,14-15,18-19,21H2,1-4H3,(H,40,42);4-7,13,23H,8-11H2,1-3H3;2-10H,17H2,1H3,(H,19,20,21). The summed E-state index contributed by atoms with van der Waals surface area (Å²) in [4.78, 5) is 40.3. The summed E-state index contributed by atoms with van der Waals surface area (Å²) in [6.45, 7) is 20.9. The number of para-hydroxylation sites is 2. The van der Waals surface area contributed by atoms with Gasteiger partial charge in [-0.2, -0.15) is 10.5 Å². The average Bonchev–Trinajstić information content (AvgIpc) is 2.38. The first-order valence-corrected chi connectivity index (χ1v) is 30.6. The summed E-state index contributed by atoms with van der Waals surface area (Å²) in [5, 5.41) is 36.5. The molecule has 0 saturated carbocycles. The molecule has 0 bridgehead atoms. The predicted molar refractivity (Wildman–Crippen MR) is 361 cm³/mol. The topological polar surface area (TPSA) is 231 Å². The van der Waals surface area contributed by atoms with E-state index in [1.165, 1.54) is 0 Å². The van der Waals surface area contributed by atoms with Gasteiger partial charge < -0.3 is 36.8 Å². The maximum absolute atomic E-state index is 10.5. The van der Waals surface area contributed by atoms with Crippen molar-refractivity contribution in [2.45, 2.75) is 111 Å². The minimum Gasteiger partial charge on any atom is -0.399 e. The first-order valence-electron chi connectivity index (χ1n) is 30.2. The Bertz CT molecular complexity index is 4160. The first-order chi connectivity index (χ1) is 42.9. The number of rotatable bonds is 12. The van der Waals surface area contributed by atoms with Crippen molar-refractivity contribution >= 4 is 73.6 Å². The number of halogens is 1. The third kappa shape index (κ3) is 16.1. The largest absolute Gasteiger partial charge is 0.399 e. The number of piperidine rings is 2. The summed E-state index contributed by atoms with van der Waals surface area (Å²) in [5.41, 5.74) is 20.1. The van der Waals surface area contributed by atoms with E-state index in [2.05, 4.69) is 140 Å². The molecule has 2 fully saturated rings. The normalized spacial score (nSPS) is 13.8. The van der Waals surface area contributed by atoms with Gasteiger partial charge in [-0.25, -0.2) is 29.9 Å². The van der Waals surface area contributed by atoms with Crippen LogP contribution in [-0.4, -0.2) is 89.2 Å². The van der Waals surface area contributed by atoms with Crippen LogP contribution in [-0.2, 0) is 6.42 Å². The highest BCUT2D eigenvalue weighted by molar-refractivity contribution is 6.31. The highest BCUT2D eigenvalue weighted by Gasteiger charge is 2.29. The third-order valence-corrected chi connectivity index (χ3v) is 15.8. The minimum atomic E-state index is 0.0791. The number of nitrogens with zero attached hydrogens (tertiary/aromatic N) is 12. The molecule has 4 aromatic carbocycles. The van der Waals surface area contributed by atoms with Gasteiger partial charge in [-0.05, 0) is 177 Å². The van der Waals surface area contributed by atoms with Crippen molar-refractivity contribution in [1.82, 2.24) is 50.5 Å². The van der Waals surface area contributed by atoms with E-state index in [1.54, 1.807) is 31.0 Å². The average molecular weight is 1200 g/mol. The van der Waals surface area contributed by atoms with Gasteiger partial charge in [0.05, 0.1) is 33.8 Å². The van der Waals surface area contributed by atoms with Gasteiger partial charge in [0.1, 0.15) is 34.2 Å². The van der Waals surface area contributed by atoms with E-state index in [-0.39, 0.29) is 11.1 Å². The number of nitriles is 2. The molecule has 89 heavy (non-hydrogen) atoms. The summed E-state index contributed by atoms with van der Waals surface area (Å²) < 4.78 is 0.